The molecule has 0 saturated heterocycles. The number of aryl methyl sites for hydroxylation is 3. The number of aliphatic hydroxyl groups excluding tert-OH is 1. The van der Waals surface area contributed by atoms with Crippen molar-refractivity contribution in [2.75, 3.05) is 0 Å². The van der Waals surface area contributed by atoms with Crippen molar-refractivity contribution in [3.63, 3.8) is 0 Å². The molecule has 2 aromatic rings. The zero-order valence-electron chi connectivity index (χ0n) is 13.6. The highest BCUT2D eigenvalue weighted by Crippen LogP contribution is 2.49. The second-order valence-electron chi connectivity index (χ2n) is 7.22. The molecule has 1 N–H and O–H groups in total. The van der Waals surface area contributed by atoms with E-state index in [0.29, 0.717) is 0 Å². The monoisotopic (exact) mass is 280 g/mol. The SMILES string of the molecule is Cc1cc(C)c(-c2cccc3c2[C@H](O)C(C)(C)C3)c(C)c1. The summed E-state index contributed by atoms with van der Waals surface area (Å²) in [7, 11) is 0. The minimum atomic E-state index is -0.385. The lowest BCUT2D eigenvalue weighted by molar-refractivity contribution is 0.0669. The summed E-state index contributed by atoms with van der Waals surface area (Å²) in [5, 5.41) is 10.8. The zero-order chi connectivity index (χ0) is 15.4. The van der Waals surface area contributed by atoms with Gasteiger partial charge < -0.3 is 5.11 Å². The third-order valence-corrected chi connectivity index (χ3v) is 4.80. The standard InChI is InChI=1S/C20H24O/c1-12-9-13(2)17(14(3)10-12)16-8-6-7-15-11-20(4,5)19(21)18(15)16/h6-10,19,21H,11H2,1-5H3/t19-/m0/s1. The van der Waals surface area contributed by atoms with Crippen LogP contribution < -0.4 is 0 Å². The van der Waals surface area contributed by atoms with Gasteiger partial charge in [0.05, 0.1) is 6.10 Å². The molecule has 1 aliphatic rings. The molecule has 0 aromatic heterocycles. The van der Waals surface area contributed by atoms with Gasteiger partial charge in [0.15, 0.2) is 0 Å². The molecule has 2 aromatic carbocycles. The van der Waals surface area contributed by atoms with Gasteiger partial charge in [0.25, 0.3) is 0 Å². The molecular weight excluding hydrogens is 256 g/mol. The van der Waals surface area contributed by atoms with E-state index in [4.69, 9.17) is 0 Å². The van der Waals surface area contributed by atoms with Crippen LogP contribution >= 0.6 is 0 Å². The van der Waals surface area contributed by atoms with Gasteiger partial charge in [-0.15, -0.1) is 0 Å². The predicted molar refractivity (Wildman–Crippen MR) is 88.5 cm³/mol. The largest absolute Gasteiger partial charge is 0.388 e. The van der Waals surface area contributed by atoms with Crippen LogP contribution in [0.2, 0.25) is 0 Å². The van der Waals surface area contributed by atoms with Crippen molar-refractivity contribution in [2.45, 2.75) is 47.1 Å². The minimum absolute atomic E-state index is 0.0784. The Bertz CT molecular complexity index is 687. The molecule has 1 atom stereocenters. The summed E-state index contributed by atoms with van der Waals surface area (Å²) in [6, 6.07) is 10.9. The zero-order valence-corrected chi connectivity index (χ0v) is 13.6. The van der Waals surface area contributed by atoms with E-state index >= 15 is 0 Å². The second kappa shape index (κ2) is 4.71. The van der Waals surface area contributed by atoms with Gasteiger partial charge in [-0.1, -0.05) is 49.7 Å². The summed E-state index contributed by atoms with van der Waals surface area (Å²) in [5.41, 5.74) is 8.72. The lowest BCUT2D eigenvalue weighted by Gasteiger charge is -2.24. The second-order valence-corrected chi connectivity index (χ2v) is 7.22. The van der Waals surface area contributed by atoms with Crippen LogP contribution in [-0.4, -0.2) is 5.11 Å². The van der Waals surface area contributed by atoms with Gasteiger partial charge >= 0.3 is 0 Å². The summed E-state index contributed by atoms with van der Waals surface area (Å²) in [6.45, 7) is 10.8. The van der Waals surface area contributed by atoms with E-state index in [1.807, 2.05) is 0 Å². The number of aliphatic hydroxyl groups is 1. The molecule has 0 unspecified atom stereocenters. The van der Waals surface area contributed by atoms with Crippen LogP contribution in [0.1, 0.15) is 47.8 Å². The van der Waals surface area contributed by atoms with Gasteiger partial charge in [0.2, 0.25) is 0 Å². The average molecular weight is 280 g/mol. The Morgan fingerprint density at radius 3 is 2.29 bits per heavy atom. The molecule has 1 aliphatic carbocycles. The smallest absolute Gasteiger partial charge is 0.0852 e. The van der Waals surface area contributed by atoms with E-state index in [1.165, 1.54) is 33.4 Å². The van der Waals surface area contributed by atoms with E-state index in [-0.39, 0.29) is 11.5 Å². The van der Waals surface area contributed by atoms with Crippen LogP contribution in [0.4, 0.5) is 0 Å². The first-order valence-electron chi connectivity index (χ1n) is 7.69. The summed E-state index contributed by atoms with van der Waals surface area (Å²) >= 11 is 0. The molecule has 0 amide bonds. The van der Waals surface area contributed by atoms with Crippen molar-refractivity contribution in [1.29, 1.82) is 0 Å². The lowest BCUT2D eigenvalue weighted by Crippen LogP contribution is -2.17. The molecule has 0 spiro atoms. The number of hydrogen-bond donors (Lipinski definition) is 1. The number of fused-ring (bicyclic) bond motifs is 1. The molecule has 0 aliphatic heterocycles. The molecule has 3 rings (SSSR count). The molecule has 21 heavy (non-hydrogen) atoms. The highest BCUT2D eigenvalue weighted by Gasteiger charge is 2.39. The van der Waals surface area contributed by atoms with E-state index in [2.05, 4.69) is 65.0 Å². The topological polar surface area (TPSA) is 20.2 Å². The van der Waals surface area contributed by atoms with Crippen molar-refractivity contribution in [2.24, 2.45) is 5.41 Å². The van der Waals surface area contributed by atoms with Gasteiger partial charge in [-0.2, -0.15) is 0 Å². The number of benzene rings is 2. The molecular formula is C20H24O. The fourth-order valence-electron chi connectivity index (χ4n) is 3.89. The Kier molecular flexibility index (Phi) is 3.22. The Morgan fingerprint density at radius 1 is 1.05 bits per heavy atom. The van der Waals surface area contributed by atoms with E-state index in [0.717, 1.165) is 12.0 Å². The molecule has 110 valence electrons. The Labute approximate surface area is 127 Å². The normalized spacial score (nSPS) is 19.6. The molecule has 0 heterocycles. The highest BCUT2D eigenvalue weighted by molar-refractivity contribution is 5.76. The first kappa shape index (κ1) is 14.3. The molecule has 0 bridgehead atoms. The van der Waals surface area contributed by atoms with Gasteiger partial charge in [0.1, 0.15) is 0 Å². The molecule has 1 nitrogen and oxygen atoms in total. The molecule has 0 saturated carbocycles. The maximum absolute atomic E-state index is 10.8. The van der Waals surface area contributed by atoms with Crippen LogP contribution in [0.15, 0.2) is 30.3 Å². The van der Waals surface area contributed by atoms with Crippen molar-refractivity contribution in [1.82, 2.24) is 0 Å². The Morgan fingerprint density at radius 2 is 1.67 bits per heavy atom. The van der Waals surface area contributed by atoms with Gasteiger partial charge in [0, 0.05) is 0 Å². The maximum atomic E-state index is 10.8. The van der Waals surface area contributed by atoms with Crippen molar-refractivity contribution in [3.05, 3.63) is 58.1 Å². The first-order chi connectivity index (χ1) is 9.81. The maximum Gasteiger partial charge on any atom is 0.0852 e. The van der Waals surface area contributed by atoms with Crippen molar-refractivity contribution < 1.29 is 5.11 Å². The van der Waals surface area contributed by atoms with E-state index in [1.54, 1.807) is 0 Å². The Balaban J connectivity index is 2.27. The summed E-state index contributed by atoms with van der Waals surface area (Å²) in [5.74, 6) is 0. The first-order valence-corrected chi connectivity index (χ1v) is 7.69. The molecule has 0 radical (unpaired) electrons. The van der Waals surface area contributed by atoms with Crippen LogP contribution in [0.25, 0.3) is 11.1 Å². The Hall–Kier alpha value is -1.60. The van der Waals surface area contributed by atoms with Crippen molar-refractivity contribution >= 4 is 0 Å². The molecule has 0 fully saturated rings. The van der Waals surface area contributed by atoms with E-state index in [9.17, 15) is 5.11 Å². The third kappa shape index (κ3) is 2.20. The summed E-state index contributed by atoms with van der Waals surface area (Å²) in [6.07, 6.45) is 0.560. The van der Waals surface area contributed by atoms with Gasteiger partial charge in [-0.3, -0.25) is 0 Å². The summed E-state index contributed by atoms with van der Waals surface area (Å²) < 4.78 is 0. The third-order valence-electron chi connectivity index (χ3n) is 4.80. The number of hydrogen-bond acceptors (Lipinski definition) is 1. The number of rotatable bonds is 1. The van der Waals surface area contributed by atoms with E-state index < -0.39 is 0 Å². The van der Waals surface area contributed by atoms with Crippen LogP contribution in [0, 0.1) is 26.2 Å². The lowest BCUT2D eigenvalue weighted by atomic mass is 9.85. The minimum Gasteiger partial charge on any atom is -0.388 e. The average Bonchev–Trinajstić information content (AvgIpc) is 2.59. The van der Waals surface area contributed by atoms with Gasteiger partial charge in [-0.05, 0) is 66.0 Å². The quantitative estimate of drug-likeness (QED) is 0.788. The van der Waals surface area contributed by atoms with Gasteiger partial charge in [-0.25, -0.2) is 0 Å². The highest BCUT2D eigenvalue weighted by atomic mass is 16.3. The predicted octanol–water partition coefficient (Wildman–Crippen LogP) is 4.89. The molecule has 1 heteroatoms. The summed E-state index contributed by atoms with van der Waals surface area (Å²) in [4.78, 5) is 0. The van der Waals surface area contributed by atoms with Crippen LogP contribution in [-0.2, 0) is 6.42 Å². The van der Waals surface area contributed by atoms with Crippen molar-refractivity contribution in [3.8, 4) is 11.1 Å². The fourth-order valence-corrected chi connectivity index (χ4v) is 3.89. The fraction of sp³-hybridized carbons (Fsp3) is 0.400. The van der Waals surface area contributed by atoms with Crippen LogP contribution in [0.3, 0.4) is 0 Å². The van der Waals surface area contributed by atoms with Crippen LogP contribution in [0.5, 0.6) is 0 Å².